The van der Waals surface area contributed by atoms with Crippen LogP contribution in [0.5, 0.6) is 23.0 Å². The van der Waals surface area contributed by atoms with Crippen LogP contribution in [0, 0.1) is 41.5 Å². The van der Waals surface area contributed by atoms with E-state index in [1.807, 2.05) is 47.6 Å². The maximum Gasteiger partial charge on any atom is 0.161 e. The van der Waals surface area contributed by atoms with Crippen molar-refractivity contribution in [3.05, 3.63) is 80.4 Å². The zero-order valence-electron chi connectivity index (χ0n) is 17.8. The summed E-state index contributed by atoms with van der Waals surface area (Å²) in [7, 11) is 0. The van der Waals surface area contributed by atoms with Crippen LogP contribution in [0.4, 0.5) is 0 Å². The molecule has 0 heterocycles. The molecule has 4 nitrogen and oxygen atoms in total. The lowest BCUT2D eigenvalue weighted by Gasteiger charge is -2.29. The first-order valence-corrected chi connectivity index (χ1v) is 9.66. The van der Waals surface area contributed by atoms with Gasteiger partial charge in [-0.2, -0.15) is 0 Å². The molecule has 0 bridgehead atoms. The van der Waals surface area contributed by atoms with Crippen molar-refractivity contribution >= 4 is 0 Å². The minimum atomic E-state index is -0.374. The predicted molar refractivity (Wildman–Crippen MR) is 115 cm³/mol. The Morgan fingerprint density at radius 2 is 1.03 bits per heavy atom. The van der Waals surface area contributed by atoms with Gasteiger partial charge in [-0.15, -0.1) is 0 Å². The van der Waals surface area contributed by atoms with Crippen molar-refractivity contribution in [3.63, 3.8) is 0 Å². The molecule has 0 aliphatic rings. The zero-order chi connectivity index (χ0) is 21.6. The van der Waals surface area contributed by atoms with Crippen molar-refractivity contribution in [2.24, 2.45) is 0 Å². The highest BCUT2D eigenvalue weighted by atomic mass is 16.3. The van der Waals surface area contributed by atoms with Crippen molar-refractivity contribution < 1.29 is 20.4 Å². The lowest BCUT2D eigenvalue weighted by Crippen LogP contribution is -2.13. The van der Waals surface area contributed by atoms with E-state index in [9.17, 15) is 20.4 Å². The van der Waals surface area contributed by atoms with Gasteiger partial charge in [0.1, 0.15) is 11.5 Å². The highest BCUT2D eigenvalue weighted by molar-refractivity contribution is 5.63. The van der Waals surface area contributed by atoms with E-state index in [2.05, 4.69) is 0 Å². The van der Waals surface area contributed by atoms with Gasteiger partial charge in [0.05, 0.1) is 0 Å². The molecule has 0 amide bonds. The number of aromatic hydroxyl groups is 4. The molecule has 3 rings (SSSR count). The van der Waals surface area contributed by atoms with Crippen LogP contribution in [0.25, 0.3) is 0 Å². The minimum absolute atomic E-state index is 0.161. The number of rotatable bonds is 3. The Kier molecular flexibility index (Phi) is 5.22. The van der Waals surface area contributed by atoms with Gasteiger partial charge in [-0.05, 0) is 104 Å². The summed E-state index contributed by atoms with van der Waals surface area (Å²) >= 11 is 0. The van der Waals surface area contributed by atoms with Crippen LogP contribution < -0.4 is 0 Å². The molecule has 0 aromatic heterocycles. The van der Waals surface area contributed by atoms with Crippen molar-refractivity contribution in [3.8, 4) is 23.0 Å². The van der Waals surface area contributed by atoms with Crippen molar-refractivity contribution in [2.45, 2.75) is 47.5 Å². The Labute approximate surface area is 171 Å². The van der Waals surface area contributed by atoms with Crippen LogP contribution in [0.2, 0.25) is 0 Å². The normalized spacial score (nSPS) is 11.3. The summed E-state index contributed by atoms with van der Waals surface area (Å²) in [4.78, 5) is 0. The van der Waals surface area contributed by atoms with Gasteiger partial charge in [-0.1, -0.05) is 12.1 Å². The Bertz CT molecular complexity index is 1050. The summed E-state index contributed by atoms with van der Waals surface area (Å²) in [5, 5.41) is 41.5. The highest BCUT2D eigenvalue weighted by Crippen LogP contribution is 2.47. The van der Waals surface area contributed by atoms with Crippen LogP contribution in [0.15, 0.2) is 30.3 Å². The molecule has 0 fully saturated rings. The molecule has 0 spiro atoms. The fourth-order valence-corrected chi connectivity index (χ4v) is 4.29. The molecule has 0 aliphatic heterocycles. The van der Waals surface area contributed by atoms with Crippen LogP contribution in [0.3, 0.4) is 0 Å². The predicted octanol–water partition coefficient (Wildman–Crippen LogP) is 5.54. The van der Waals surface area contributed by atoms with Crippen molar-refractivity contribution in [1.82, 2.24) is 0 Å². The first kappa shape index (κ1) is 20.6. The Morgan fingerprint density at radius 1 is 0.586 bits per heavy atom. The van der Waals surface area contributed by atoms with E-state index < -0.39 is 0 Å². The average Bonchev–Trinajstić information content (AvgIpc) is 2.65. The largest absolute Gasteiger partial charge is 0.508 e. The number of hydrogen-bond acceptors (Lipinski definition) is 4. The maximum atomic E-state index is 10.8. The van der Waals surface area contributed by atoms with E-state index in [1.54, 1.807) is 18.2 Å². The fraction of sp³-hybridized carbons (Fsp3) is 0.280. The van der Waals surface area contributed by atoms with Crippen LogP contribution in [-0.2, 0) is 0 Å². The fourth-order valence-electron chi connectivity index (χ4n) is 4.29. The molecule has 4 heteroatoms. The van der Waals surface area contributed by atoms with E-state index in [0.717, 1.165) is 44.5 Å². The topological polar surface area (TPSA) is 80.9 Å². The van der Waals surface area contributed by atoms with Gasteiger partial charge in [-0.3, -0.25) is 0 Å². The molecule has 0 radical (unpaired) electrons. The van der Waals surface area contributed by atoms with E-state index in [-0.39, 0.29) is 28.9 Å². The summed E-state index contributed by atoms with van der Waals surface area (Å²) in [6.07, 6.45) is 0. The van der Waals surface area contributed by atoms with E-state index in [1.165, 1.54) is 6.07 Å². The van der Waals surface area contributed by atoms with Crippen LogP contribution in [0.1, 0.15) is 56.0 Å². The van der Waals surface area contributed by atoms with Gasteiger partial charge in [-0.25, -0.2) is 0 Å². The molecule has 0 aliphatic carbocycles. The minimum Gasteiger partial charge on any atom is -0.508 e. The molecule has 3 aromatic carbocycles. The zero-order valence-corrected chi connectivity index (χ0v) is 17.8. The number of benzene rings is 3. The molecule has 4 N–H and O–H groups in total. The molecule has 0 unspecified atom stereocenters. The SMILES string of the molecule is Cc1cc(O)c(C)c(C)c1C(c1cccc(O)c1O)c1c(C)cc(O)c(C)c1C. The Morgan fingerprint density at radius 3 is 1.48 bits per heavy atom. The van der Waals surface area contributed by atoms with Gasteiger partial charge < -0.3 is 20.4 Å². The lowest BCUT2D eigenvalue weighted by molar-refractivity contribution is 0.398. The smallest absolute Gasteiger partial charge is 0.161 e. The molecule has 0 atom stereocenters. The third kappa shape index (κ3) is 3.29. The Balaban J connectivity index is 2.49. The molecule has 0 saturated carbocycles. The maximum absolute atomic E-state index is 10.8. The van der Waals surface area contributed by atoms with E-state index in [0.29, 0.717) is 5.56 Å². The summed E-state index contributed by atoms with van der Waals surface area (Å²) < 4.78 is 0. The first-order chi connectivity index (χ1) is 13.6. The molecule has 0 saturated heterocycles. The standard InChI is InChI=1S/C25H28O4/c1-12-10-20(27)14(3)16(5)22(12)24(18-8-7-9-19(26)25(18)29)23-13(2)11-21(28)15(4)17(23)6/h7-11,24,26-29H,1-6H3. The average molecular weight is 392 g/mol. The lowest BCUT2D eigenvalue weighted by atomic mass is 9.75. The number of phenols is 4. The third-order valence-electron chi connectivity index (χ3n) is 6.19. The second kappa shape index (κ2) is 7.36. The second-order valence-corrected chi connectivity index (χ2v) is 7.90. The Hall–Kier alpha value is -3.14. The van der Waals surface area contributed by atoms with Crippen molar-refractivity contribution in [2.75, 3.05) is 0 Å². The first-order valence-electron chi connectivity index (χ1n) is 9.66. The second-order valence-electron chi connectivity index (χ2n) is 7.90. The van der Waals surface area contributed by atoms with Crippen molar-refractivity contribution in [1.29, 1.82) is 0 Å². The summed E-state index contributed by atoms with van der Waals surface area (Å²) in [5.74, 6) is -0.243. The molecular formula is C25H28O4. The van der Waals surface area contributed by atoms with Gasteiger partial charge in [0.15, 0.2) is 11.5 Å². The third-order valence-corrected chi connectivity index (χ3v) is 6.19. The summed E-state index contributed by atoms with van der Waals surface area (Å²) in [5.41, 5.74) is 7.72. The number of para-hydroxylation sites is 1. The number of phenolic OH excluding ortho intramolecular Hbond substituents is 4. The molecule has 152 valence electrons. The monoisotopic (exact) mass is 392 g/mol. The summed E-state index contributed by atoms with van der Waals surface area (Å²) in [6, 6.07) is 8.46. The summed E-state index contributed by atoms with van der Waals surface area (Å²) in [6.45, 7) is 11.5. The number of hydrogen-bond donors (Lipinski definition) is 4. The van der Waals surface area contributed by atoms with E-state index >= 15 is 0 Å². The van der Waals surface area contributed by atoms with Gasteiger partial charge in [0.2, 0.25) is 0 Å². The van der Waals surface area contributed by atoms with Crippen LogP contribution >= 0.6 is 0 Å². The molecule has 29 heavy (non-hydrogen) atoms. The quantitative estimate of drug-likeness (QED) is 0.348. The van der Waals surface area contributed by atoms with Gasteiger partial charge >= 0.3 is 0 Å². The van der Waals surface area contributed by atoms with Gasteiger partial charge in [0, 0.05) is 11.5 Å². The highest BCUT2D eigenvalue weighted by Gasteiger charge is 2.29. The van der Waals surface area contributed by atoms with E-state index in [4.69, 9.17) is 0 Å². The molecule has 3 aromatic rings. The number of aryl methyl sites for hydroxylation is 2. The molecular weight excluding hydrogens is 364 g/mol. The van der Waals surface area contributed by atoms with Gasteiger partial charge in [0.25, 0.3) is 0 Å². The van der Waals surface area contributed by atoms with Crippen LogP contribution in [-0.4, -0.2) is 20.4 Å².